The van der Waals surface area contributed by atoms with Crippen molar-refractivity contribution in [2.45, 2.75) is 32.3 Å². The molecule has 2 N–H and O–H groups in total. The fourth-order valence-electron chi connectivity index (χ4n) is 1.97. The average molecular weight is 258 g/mol. The largest absolute Gasteiger partial charge is 0.479 e. The Hall–Kier alpha value is -1.49. The van der Waals surface area contributed by atoms with Gasteiger partial charge in [-0.1, -0.05) is 26.8 Å². The van der Waals surface area contributed by atoms with E-state index >= 15 is 0 Å². The molecule has 0 radical (unpaired) electrons. The van der Waals surface area contributed by atoms with Gasteiger partial charge < -0.3 is 10.2 Å². The minimum Gasteiger partial charge on any atom is -0.479 e. The first-order valence-electron chi connectivity index (χ1n) is 5.62. The highest BCUT2D eigenvalue weighted by atomic mass is 19.2. The molecule has 1 aromatic carbocycles. The van der Waals surface area contributed by atoms with Crippen molar-refractivity contribution in [1.29, 1.82) is 0 Å². The van der Waals surface area contributed by atoms with Gasteiger partial charge in [-0.15, -0.1) is 0 Å². The lowest BCUT2D eigenvalue weighted by atomic mass is 9.76. The fraction of sp³-hybridized carbons (Fsp3) is 0.462. The number of hydrogen-bond acceptors (Lipinski definition) is 2. The molecule has 2 atom stereocenters. The van der Waals surface area contributed by atoms with E-state index in [4.69, 9.17) is 5.11 Å². The SMILES string of the molecule is CC(C)C(O)(C(=O)O)C(C)c1ccc(F)c(F)c1. The van der Waals surface area contributed by atoms with E-state index in [1.165, 1.54) is 13.0 Å². The molecule has 5 heteroatoms. The second-order valence-electron chi connectivity index (χ2n) is 4.68. The molecule has 0 aliphatic carbocycles. The molecular formula is C13H16F2O3. The molecule has 0 bridgehead atoms. The number of halogens is 2. The summed E-state index contributed by atoms with van der Waals surface area (Å²) in [7, 11) is 0. The highest BCUT2D eigenvalue weighted by Crippen LogP contribution is 2.34. The third-order valence-electron chi connectivity index (χ3n) is 3.33. The predicted molar refractivity (Wildman–Crippen MR) is 62.2 cm³/mol. The first kappa shape index (κ1) is 14.6. The molecule has 100 valence electrons. The minimum atomic E-state index is -2.02. The molecule has 0 heterocycles. The van der Waals surface area contributed by atoms with Crippen LogP contribution < -0.4 is 0 Å². The van der Waals surface area contributed by atoms with Crippen molar-refractivity contribution < 1.29 is 23.8 Å². The molecule has 1 rings (SSSR count). The standard InChI is InChI=1S/C13H16F2O3/c1-7(2)13(18,12(16)17)8(3)9-4-5-10(14)11(15)6-9/h4-8,18H,1-3H3,(H,16,17). The van der Waals surface area contributed by atoms with Gasteiger partial charge in [0.1, 0.15) is 0 Å². The number of hydrogen-bond donors (Lipinski definition) is 2. The maximum Gasteiger partial charge on any atom is 0.336 e. The Morgan fingerprint density at radius 1 is 1.22 bits per heavy atom. The zero-order valence-corrected chi connectivity index (χ0v) is 10.4. The van der Waals surface area contributed by atoms with E-state index in [-0.39, 0.29) is 5.56 Å². The molecule has 0 saturated heterocycles. The number of rotatable bonds is 4. The minimum absolute atomic E-state index is 0.243. The van der Waals surface area contributed by atoms with Gasteiger partial charge in [0.05, 0.1) is 0 Å². The molecule has 0 saturated carbocycles. The van der Waals surface area contributed by atoms with Gasteiger partial charge in [0.25, 0.3) is 0 Å². The van der Waals surface area contributed by atoms with E-state index in [2.05, 4.69) is 0 Å². The van der Waals surface area contributed by atoms with Gasteiger partial charge in [-0.25, -0.2) is 13.6 Å². The Balaban J connectivity index is 3.22. The lowest BCUT2D eigenvalue weighted by molar-refractivity contribution is -0.166. The third-order valence-corrected chi connectivity index (χ3v) is 3.33. The van der Waals surface area contributed by atoms with Crippen molar-refractivity contribution in [2.75, 3.05) is 0 Å². The number of aliphatic carboxylic acids is 1. The third kappa shape index (κ3) is 2.36. The zero-order valence-electron chi connectivity index (χ0n) is 10.4. The van der Waals surface area contributed by atoms with Gasteiger partial charge in [0.2, 0.25) is 0 Å². The summed E-state index contributed by atoms with van der Waals surface area (Å²) in [6.07, 6.45) is 0. The monoisotopic (exact) mass is 258 g/mol. The summed E-state index contributed by atoms with van der Waals surface area (Å²) in [4.78, 5) is 11.2. The second kappa shape index (κ2) is 5.02. The summed E-state index contributed by atoms with van der Waals surface area (Å²) in [5.74, 6) is -4.87. The fourth-order valence-corrected chi connectivity index (χ4v) is 1.97. The van der Waals surface area contributed by atoms with Gasteiger partial charge >= 0.3 is 5.97 Å². The summed E-state index contributed by atoms with van der Waals surface area (Å²) in [5, 5.41) is 19.4. The first-order chi connectivity index (χ1) is 8.21. The van der Waals surface area contributed by atoms with E-state index in [1.54, 1.807) is 13.8 Å². The Kier molecular flexibility index (Phi) is 4.06. The summed E-state index contributed by atoms with van der Waals surface area (Å²) < 4.78 is 25.9. The van der Waals surface area contributed by atoms with Crippen molar-refractivity contribution in [3.8, 4) is 0 Å². The van der Waals surface area contributed by atoms with Crippen LogP contribution in [0.25, 0.3) is 0 Å². The van der Waals surface area contributed by atoms with Gasteiger partial charge in [-0.05, 0) is 23.6 Å². The van der Waals surface area contributed by atoms with Gasteiger partial charge in [-0.3, -0.25) is 0 Å². The van der Waals surface area contributed by atoms with Crippen molar-refractivity contribution >= 4 is 5.97 Å². The maximum atomic E-state index is 13.1. The molecule has 2 unspecified atom stereocenters. The lowest BCUT2D eigenvalue weighted by Crippen LogP contribution is -2.48. The van der Waals surface area contributed by atoms with Crippen LogP contribution in [0.4, 0.5) is 8.78 Å². The van der Waals surface area contributed by atoms with Crippen LogP contribution in [-0.4, -0.2) is 21.8 Å². The highest BCUT2D eigenvalue weighted by molar-refractivity contribution is 5.79. The van der Waals surface area contributed by atoms with Crippen molar-refractivity contribution in [3.63, 3.8) is 0 Å². The molecule has 0 aliphatic heterocycles. The number of carbonyl (C=O) groups is 1. The summed E-state index contributed by atoms with van der Waals surface area (Å²) >= 11 is 0. The Bertz CT molecular complexity index is 460. The van der Waals surface area contributed by atoms with Crippen LogP contribution in [-0.2, 0) is 4.79 Å². The van der Waals surface area contributed by atoms with Crippen LogP contribution in [0.15, 0.2) is 18.2 Å². The van der Waals surface area contributed by atoms with Gasteiger partial charge in [0.15, 0.2) is 17.2 Å². The molecular weight excluding hydrogens is 242 g/mol. The maximum absolute atomic E-state index is 13.1. The quantitative estimate of drug-likeness (QED) is 0.872. The van der Waals surface area contributed by atoms with Crippen molar-refractivity contribution in [3.05, 3.63) is 35.4 Å². The smallest absolute Gasteiger partial charge is 0.336 e. The molecule has 0 spiro atoms. The van der Waals surface area contributed by atoms with Crippen LogP contribution >= 0.6 is 0 Å². The topological polar surface area (TPSA) is 57.5 Å². The number of carboxylic acids is 1. The number of benzene rings is 1. The molecule has 0 aliphatic rings. The van der Waals surface area contributed by atoms with Crippen LogP contribution in [0.5, 0.6) is 0 Å². The summed E-state index contributed by atoms with van der Waals surface area (Å²) in [6.45, 7) is 4.59. The van der Waals surface area contributed by atoms with Gasteiger partial charge in [0, 0.05) is 5.92 Å². The molecule has 0 fully saturated rings. The number of carboxylic acid groups (broad SMARTS) is 1. The highest BCUT2D eigenvalue weighted by Gasteiger charge is 2.45. The normalized spacial score (nSPS) is 16.4. The molecule has 0 aromatic heterocycles. The summed E-state index contributed by atoms with van der Waals surface area (Å²) in [5.41, 5.74) is -1.78. The van der Waals surface area contributed by atoms with Crippen molar-refractivity contribution in [1.82, 2.24) is 0 Å². The van der Waals surface area contributed by atoms with E-state index in [1.807, 2.05) is 0 Å². The first-order valence-corrected chi connectivity index (χ1v) is 5.62. The Morgan fingerprint density at radius 3 is 2.17 bits per heavy atom. The Labute approximate surface area is 104 Å². The number of aliphatic hydroxyl groups is 1. The van der Waals surface area contributed by atoms with E-state index in [0.717, 1.165) is 12.1 Å². The molecule has 1 aromatic rings. The predicted octanol–water partition coefficient (Wildman–Crippen LogP) is 2.54. The van der Waals surface area contributed by atoms with Crippen LogP contribution in [0.2, 0.25) is 0 Å². The Morgan fingerprint density at radius 2 is 1.78 bits per heavy atom. The molecule has 0 amide bonds. The second-order valence-corrected chi connectivity index (χ2v) is 4.68. The lowest BCUT2D eigenvalue weighted by Gasteiger charge is -2.33. The van der Waals surface area contributed by atoms with E-state index in [0.29, 0.717) is 0 Å². The van der Waals surface area contributed by atoms with Crippen molar-refractivity contribution in [2.24, 2.45) is 5.92 Å². The van der Waals surface area contributed by atoms with E-state index in [9.17, 15) is 18.7 Å². The van der Waals surface area contributed by atoms with Crippen LogP contribution in [0, 0.1) is 17.6 Å². The van der Waals surface area contributed by atoms with Gasteiger partial charge in [-0.2, -0.15) is 0 Å². The van der Waals surface area contributed by atoms with Crippen LogP contribution in [0.1, 0.15) is 32.3 Å². The van der Waals surface area contributed by atoms with Crippen LogP contribution in [0.3, 0.4) is 0 Å². The summed E-state index contributed by atoms with van der Waals surface area (Å²) in [6, 6.07) is 3.11. The molecule has 18 heavy (non-hydrogen) atoms. The average Bonchev–Trinajstić information content (AvgIpc) is 2.30. The molecule has 3 nitrogen and oxygen atoms in total. The zero-order chi connectivity index (χ0) is 14.1. The van der Waals surface area contributed by atoms with E-state index < -0.39 is 35.0 Å².